The molecule has 0 radical (unpaired) electrons. The van der Waals surface area contributed by atoms with Crippen molar-refractivity contribution in [2.75, 3.05) is 0 Å². The maximum absolute atomic E-state index is 12.8. The number of hydrogen-bond acceptors (Lipinski definition) is 1. The van der Waals surface area contributed by atoms with Gasteiger partial charge in [-0.05, 0) is 0 Å². The van der Waals surface area contributed by atoms with Gasteiger partial charge in [0.1, 0.15) is 0 Å². The van der Waals surface area contributed by atoms with E-state index in [1.807, 2.05) is 0 Å². The third kappa shape index (κ3) is 2.54. The van der Waals surface area contributed by atoms with Crippen LogP contribution in [-0.4, -0.2) is 12.3 Å². The average molecular weight is 302 g/mol. The molecule has 0 saturated heterocycles. The Morgan fingerprint density at radius 2 is 0.895 bits per heavy atom. The van der Waals surface area contributed by atoms with E-state index in [-0.39, 0.29) is 0 Å². The predicted octanol–water partition coefficient (Wildman–Crippen LogP) is 3.92. The Kier molecular flexibility index (Phi) is 3.61. The van der Waals surface area contributed by atoms with Crippen LogP contribution in [0.3, 0.4) is 0 Å². The molecule has 1 rings (SSSR count). The van der Waals surface area contributed by atoms with Crippen molar-refractivity contribution in [3.63, 3.8) is 0 Å². The summed E-state index contributed by atoms with van der Waals surface area (Å²) >= 11 is 0. The standard InChI is InChI=1S/C8F10O/c9-1-2(10)4(12)6(5(13)3(1)11)19-8(17,18)7(14,15)16. The fraction of sp³-hybridized carbons (Fsp3) is 0.250. The Hall–Kier alpha value is -1.68. The molecule has 0 spiro atoms. The van der Waals surface area contributed by atoms with Gasteiger partial charge in [-0.2, -0.15) is 30.7 Å². The van der Waals surface area contributed by atoms with Gasteiger partial charge in [0.15, 0.2) is 0 Å². The first-order valence-corrected chi connectivity index (χ1v) is 4.05. The van der Waals surface area contributed by atoms with Gasteiger partial charge >= 0.3 is 12.3 Å². The van der Waals surface area contributed by atoms with Crippen LogP contribution >= 0.6 is 0 Å². The van der Waals surface area contributed by atoms with Crippen molar-refractivity contribution >= 4 is 0 Å². The maximum Gasteiger partial charge on any atom is 0.499 e. The molecule has 0 amide bonds. The van der Waals surface area contributed by atoms with E-state index in [9.17, 15) is 43.9 Å². The molecule has 108 valence electrons. The van der Waals surface area contributed by atoms with Crippen LogP contribution in [0.5, 0.6) is 5.75 Å². The van der Waals surface area contributed by atoms with Crippen LogP contribution in [0.25, 0.3) is 0 Å². The number of benzene rings is 1. The van der Waals surface area contributed by atoms with E-state index in [1.165, 1.54) is 0 Å². The van der Waals surface area contributed by atoms with E-state index in [2.05, 4.69) is 4.74 Å². The second kappa shape index (κ2) is 4.46. The van der Waals surface area contributed by atoms with Crippen LogP contribution < -0.4 is 4.74 Å². The van der Waals surface area contributed by atoms with Gasteiger partial charge in [-0.3, -0.25) is 0 Å². The maximum atomic E-state index is 12.8. The van der Waals surface area contributed by atoms with Crippen molar-refractivity contribution in [2.24, 2.45) is 0 Å². The Bertz CT molecular complexity index is 476. The lowest BCUT2D eigenvalue weighted by molar-refractivity contribution is -0.361. The molecule has 1 aromatic carbocycles. The highest BCUT2D eigenvalue weighted by Gasteiger charge is 2.62. The lowest BCUT2D eigenvalue weighted by Crippen LogP contribution is -2.42. The van der Waals surface area contributed by atoms with Crippen molar-refractivity contribution in [2.45, 2.75) is 12.3 Å². The van der Waals surface area contributed by atoms with Gasteiger partial charge in [0, 0.05) is 0 Å². The van der Waals surface area contributed by atoms with Crippen molar-refractivity contribution in [1.82, 2.24) is 0 Å². The molecule has 0 saturated carbocycles. The Morgan fingerprint density at radius 1 is 0.579 bits per heavy atom. The predicted molar refractivity (Wildman–Crippen MR) is 37.9 cm³/mol. The molecule has 0 aliphatic carbocycles. The Morgan fingerprint density at radius 3 is 1.21 bits per heavy atom. The molecular formula is C8F10O. The van der Waals surface area contributed by atoms with Gasteiger partial charge in [0.25, 0.3) is 0 Å². The molecule has 11 heteroatoms. The summed E-state index contributed by atoms with van der Waals surface area (Å²) in [6.07, 6.45) is -12.5. The van der Waals surface area contributed by atoms with Gasteiger partial charge in [0.2, 0.25) is 34.8 Å². The second-order valence-electron chi connectivity index (χ2n) is 3.02. The topological polar surface area (TPSA) is 9.23 Å². The molecule has 0 fully saturated rings. The molecule has 1 aromatic rings. The van der Waals surface area contributed by atoms with Gasteiger partial charge in [-0.25, -0.2) is 13.2 Å². The summed E-state index contributed by atoms with van der Waals surface area (Å²) in [5, 5.41) is 0. The van der Waals surface area contributed by atoms with Crippen LogP contribution in [0.4, 0.5) is 43.9 Å². The zero-order valence-electron chi connectivity index (χ0n) is 8.19. The fourth-order valence-corrected chi connectivity index (χ4v) is 0.860. The van der Waals surface area contributed by atoms with E-state index in [0.717, 1.165) is 0 Å². The fourth-order valence-electron chi connectivity index (χ4n) is 0.860. The van der Waals surface area contributed by atoms with Gasteiger partial charge < -0.3 is 4.74 Å². The highest BCUT2D eigenvalue weighted by Crippen LogP contribution is 2.40. The van der Waals surface area contributed by atoms with Crippen molar-refractivity contribution in [3.8, 4) is 5.75 Å². The minimum atomic E-state index is -6.41. The van der Waals surface area contributed by atoms with Crippen LogP contribution in [0.15, 0.2) is 0 Å². The molecule has 19 heavy (non-hydrogen) atoms. The van der Waals surface area contributed by atoms with Gasteiger partial charge in [-0.1, -0.05) is 0 Å². The number of ether oxygens (including phenoxy) is 1. The average Bonchev–Trinajstić information content (AvgIpc) is 2.28. The summed E-state index contributed by atoms with van der Waals surface area (Å²) in [5.74, 6) is -16.8. The van der Waals surface area contributed by atoms with E-state index in [1.54, 1.807) is 0 Å². The normalized spacial score (nSPS) is 12.7. The molecule has 0 heterocycles. The highest BCUT2D eigenvalue weighted by atomic mass is 19.4. The molecule has 0 aliphatic rings. The monoisotopic (exact) mass is 302 g/mol. The summed E-state index contributed by atoms with van der Waals surface area (Å²) in [5.41, 5.74) is 0. The molecule has 0 aliphatic heterocycles. The first-order chi connectivity index (χ1) is 8.40. The summed E-state index contributed by atoms with van der Waals surface area (Å²) < 4.78 is 125. The molecular weight excluding hydrogens is 302 g/mol. The zero-order chi connectivity index (χ0) is 15.2. The van der Waals surface area contributed by atoms with E-state index in [4.69, 9.17) is 0 Å². The van der Waals surface area contributed by atoms with Crippen molar-refractivity contribution in [1.29, 1.82) is 0 Å². The van der Waals surface area contributed by atoms with Crippen LogP contribution in [0.2, 0.25) is 0 Å². The molecule has 0 unspecified atom stereocenters. The Balaban J connectivity index is 3.39. The van der Waals surface area contributed by atoms with E-state index >= 15 is 0 Å². The van der Waals surface area contributed by atoms with Crippen molar-refractivity contribution in [3.05, 3.63) is 29.1 Å². The molecule has 0 aromatic heterocycles. The first kappa shape index (κ1) is 15.4. The summed E-state index contributed by atoms with van der Waals surface area (Å²) in [7, 11) is 0. The van der Waals surface area contributed by atoms with Crippen LogP contribution in [0.1, 0.15) is 0 Å². The molecule has 0 bridgehead atoms. The smallest absolute Gasteiger partial charge is 0.419 e. The lowest BCUT2D eigenvalue weighted by atomic mass is 10.2. The molecule has 0 N–H and O–H groups in total. The quantitative estimate of drug-likeness (QED) is 0.457. The van der Waals surface area contributed by atoms with E-state index < -0.39 is 47.1 Å². The summed E-state index contributed by atoms with van der Waals surface area (Å²) in [6, 6.07) is 0. The largest absolute Gasteiger partial charge is 0.499 e. The van der Waals surface area contributed by atoms with E-state index in [0.29, 0.717) is 0 Å². The van der Waals surface area contributed by atoms with Crippen molar-refractivity contribution < 1.29 is 48.6 Å². The number of halogens is 10. The molecule has 1 nitrogen and oxygen atoms in total. The number of rotatable bonds is 2. The third-order valence-electron chi connectivity index (χ3n) is 1.73. The SMILES string of the molecule is Fc1c(F)c(F)c(OC(F)(F)C(F)(F)F)c(F)c1F. The van der Waals surface area contributed by atoms with Crippen LogP contribution in [-0.2, 0) is 0 Å². The Labute approximate surface area is 96.9 Å². The zero-order valence-corrected chi connectivity index (χ0v) is 8.19. The summed E-state index contributed by atoms with van der Waals surface area (Å²) in [4.78, 5) is 0. The molecule has 0 atom stereocenters. The minimum Gasteiger partial charge on any atom is -0.419 e. The first-order valence-electron chi connectivity index (χ1n) is 4.05. The van der Waals surface area contributed by atoms with Crippen LogP contribution in [0, 0.1) is 29.1 Å². The highest BCUT2D eigenvalue weighted by molar-refractivity contribution is 5.30. The minimum absolute atomic E-state index is 2.59. The third-order valence-corrected chi connectivity index (χ3v) is 1.73. The lowest BCUT2D eigenvalue weighted by Gasteiger charge is -2.20. The summed E-state index contributed by atoms with van der Waals surface area (Å²) in [6.45, 7) is 0. The number of hydrogen-bond donors (Lipinski definition) is 0. The number of alkyl halides is 5. The second-order valence-corrected chi connectivity index (χ2v) is 3.02. The van der Waals surface area contributed by atoms with Gasteiger partial charge in [-0.15, -0.1) is 0 Å². The van der Waals surface area contributed by atoms with Gasteiger partial charge in [0.05, 0.1) is 0 Å².